The number of aromatic nitrogens is 1. The molecule has 1 aliphatic rings. The number of fused-ring (bicyclic) bond motifs is 1. The molecule has 0 radical (unpaired) electrons. The van der Waals surface area contributed by atoms with E-state index in [2.05, 4.69) is 40.3 Å². The number of nitrogens with two attached hydrogens (primary N) is 1. The molecule has 0 bridgehead atoms. The fourth-order valence-electron chi connectivity index (χ4n) is 3.56. The second-order valence-corrected chi connectivity index (χ2v) is 6.25. The SMILES string of the molecule is NCCCCCN1CCC(c2c[nH]c3ccccc23)CC1. The van der Waals surface area contributed by atoms with Gasteiger partial charge in [0.1, 0.15) is 0 Å². The molecule has 0 aliphatic carbocycles. The third-order valence-corrected chi connectivity index (χ3v) is 4.83. The van der Waals surface area contributed by atoms with Gasteiger partial charge in [0.25, 0.3) is 0 Å². The van der Waals surface area contributed by atoms with Crippen LogP contribution in [0.1, 0.15) is 43.6 Å². The monoisotopic (exact) mass is 285 g/mol. The maximum atomic E-state index is 5.55. The molecule has 0 unspecified atom stereocenters. The van der Waals surface area contributed by atoms with Crippen molar-refractivity contribution >= 4 is 10.9 Å². The zero-order valence-electron chi connectivity index (χ0n) is 12.9. The van der Waals surface area contributed by atoms with E-state index in [0.717, 1.165) is 12.5 Å². The third kappa shape index (κ3) is 3.47. The number of H-pyrrole nitrogens is 1. The summed E-state index contributed by atoms with van der Waals surface area (Å²) < 4.78 is 0. The number of nitrogens with one attached hydrogen (secondary N) is 1. The maximum absolute atomic E-state index is 5.55. The normalized spacial score (nSPS) is 17.6. The molecule has 3 N–H and O–H groups in total. The number of likely N-dealkylation sites (tertiary alicyclic amines) is 1. The first-order valence-electron chi connectivity index (χ1n) is 8.37. The second kappa shape index (κ2) is 7.10. The van der Waals surface area contributed by atoms with Gasteiger partial charge in [0.05, 0.1) is 0 Å². The third-order valence-electron chi connectivity index (χ3n) is 4.83. The number of hydrogen-bond acceptors (Lipinski definition) is 2. The molecule has 3 heteroatoms. The Hall–Kier alpha value is -1.32. The van der Waals surface area contributed by atoms with Crippen molar-refractivity contribution in [3.63, 3.8) is 0 Å². The smallest absolute Gasteiger partial charge is 0.0456 e. The maximum Gasteiger partial charge on any atom is 0.0456 e. The highest BCUT2D eigenvalue weighted by Crippen LogP contribution is 2.33. The van der Waals surface area contributed by atoms with Crippen LogP contribution in [0.4, 0.5) is 0 Å². The highest BCUT2D eigenvalue weighted by atomic mass is 15.1. The van der Waals surface area contributed by atoms with Crippen molar-refractivity contribution in [2.45, 2.75) is 38.0 Å². The van der Waals surface area contributed by atoms with Crippen molar-refractivity contribution in [1.29, 1.82) is 0 Å². The first-order chi connectivity index (χ1) is 10.4. The number of rotatable bonds is 6. The van der Waals surface area contributed by atoms with E-state index in [0.29, 0.717) is 0 Å². The lowest BCUT2D eigenvalue weighted by Crippen LogP contribution is -2.33. The molecular formula is C18H27N3. The van der Waals surface area contributed by atoms with E-state index in [1.54, 1.807) is 0 Å². The summed E-state index contributed by atoms with van der Waals surface area (Å²) in [5.41, 5.74) is 8.35. The highest BCUT2D eigenvalue weighted by Gasteiger charge is 2.22. The zero-order chi connectivity index (χ0) is 14.5. The van der Waals surface area contributed by atoms with Crippen molar-refractivity contribution in [3.05, 3.63) is 36.0 Å². The van der Waals surface area contributed by atoms with Crippen molar-refractivity contribution in [1.82, 2.24) is 9.88 Å². The molecule has 1 aromatic heterocycles. The summed E-state index contributed by atoms with van der Waals surface area (Å²) in [5.74, 6) is 0.724. The second-order valence-electron chi connectivity index (χ2n) is 6.25. The fourth-order valence-corrected chi connectivity index (χ4v) is 3.56. The van der Waals surface area contributed by atoms with Gasteiger partial charge in [-0.3, -0.25) is 0 Å². The lowest BCUT2D eigenvalue weighted by molar-refractivity contribution is 0.209. The van der Waals surface area contributed by atoms with Crippen LogP contribution in [-0.2, 0) is 0 Å². The van der Waals surface area contributed by atoms with E-state index in [-0.39, 0.29) is 0 Å². The van der Waals surface area contributed by atoms with Crippen LogP contribution in [0.25, 0.3) is 10.9 Å². The van der Waals surface area contributed by atoms with Gasteiger partial charge in [0.2, 0.25) is 0 Å². The quantitative estimate of drug-likeness (QED) is 0.798. The molecule has 1 saturated heterocycles. The standard InChI is InChI=1S/C18H27N3/c19-10-4-1-5-11-21-12-8-15(9-13-21)17-14-20-18-7-3-2-6-16(17)18/h2-3,6-7,14-15,20H,1,4-5,8-13,19H2. The lowest BCUT2D eigenvalue weighted by Gasteiger charge is -2.32. The van der Waals surface area contributed by atoms with Gasteiger partial charge in [0.15, 0.2) is 0 Å². The first kappa shape index (κ1) is 14.6. The van der Waals surface area contributed by atoms with Crippen LogP contribution in [0, 0.1) is 0 Å². The average Bonchev–Trinajstić information content (AvgIpc) is 2.96. The van der Waals surface area contributed by atoms with E-state index in [1.807, 2.05) is 0 Å². The molecule has 1 fully saturated rings. The Balaban J connectivity index is 1.54. The Morgan fingerprint density at radius 2 is 1.90 bits per heavy atom. The number of benzene rings is 1. The van der Waals surface area contributed by atoms with Crippen LogP contribution < -0.4 is 5.73 Å². The number of piperidine rings is 1. The molecule has 3 rings (SSSR count). The van der Waals surface area contributed by atoms with Crippen molar-refractivity contribution in [2.24, 2.45) is 5.73 Å². The van der Waals surface area contributed by atoms with Gasteiger partial charge in [0, 0.05) is 17.1 Å². The average molecular weight is 285 g/mol. The van der Waals surface area contributed by atoms with E-state index < -0.39 is 0 Å². The minimum Gasteiger partial charge on any atom is -0.361 e. The predicted molar refractivity (Wildman–Crippen MR) is 89.6 cm³/mol. The fraction of sp³-hybridized carbons (Fsp3) is 0.556. The number of hydrogen-bond donors (Lipinski definition) is 2. The van der Waals surface area contributed by atoms with Crippen molar-refractivity contribution in [2.75, 3.05) is 26.2 Å². The van der Waals surface area contributed by atoms with Gasteiger partial charge in [-0.2, -0.15) is 0 Å². The number of aromatic amines is 1. The number of nitrogens with zero attached hydrogens (tertiary/aromatic N) is 1. The molecule has 0 atom stereocenters. The van der Waals surface area contributed by atoms with Crippen LogP contribution in [-0.4, -0.2) is 36.1 Å². The molecule has 0 saturated carbocycles. The predicted octanol–water partition coefficient (Wildman–Crippen LogP) is 3.48. The van der Waals surface area contributed by atoms with Gasteiger partial charge in [-0.1, -0.05) is 24.6 Å². The van der Waals surface area contributed by atoms with Crippen molar-refractivity contribution < 1.29 is 0 Å². The van der Waals surface area contributed by atoms with Crippen molar-refractivity contribution in [3.8, 4) is 0 Å². The Bertz CT molecular complexity index is 552. The Kier molecular flexibility index (Phi) is 4.94. The Labute approximate surface area is 127 Å². The largest absolute Gasteiger partial charge is 0.361 e. The van der Waals surface area contributed by atoms with Crippen LogP contribution >= 0.6 is 0 Å². The van der Waals surface area contributed by atoms with E-state index in [4.69, 9.17) is 5.73 Å². The molecule has 1 aromatic carbocycles. The number of para-hydroxylation sites is 1. The summed E-state index contributed by atoms with van der Waals surface area (Å²) in [6, 6.07) is 8.67. The Morgan fingerprint density at radius 1 is 1.10 bits per heavy atom. The van der Waals surface area contributed by atoms with E-state index in [1.165, 1.54) is 68.2 Å². The molecule has 114 valence electrons. The van der Waals surface area contributed by atoms with E-state index >= 15 is 0 Å². The van der Waals surface area contributed by atoms with Crippen LogP contribution in [0.15, 0.2) is 30.5 Å². The molecule has 0 amide bonds. The Morgan fingerprint density at radius 3 is 2.71 bits per heavy atom. The summed E-state index contributed by atoms with van der Waals surface area (Å²) >= 11 is 0. The molecular weight excluding hydrogens is 258 g/mol. The summed E-state index contributed by atoms with van der Waals surface area (Å²) in [7, 11) is 0. The molecule has 1 aliphatic heterocycles. The first-order valence-corrected chi connectivity index (χ1v) is 8.37. The summed E-state index contributed by atoms with van der Waals surface area (Å²) in [6.07, 6.45) is 8.56. The molecule has 0 spiro atoms. The van der Waals surface area contributed by atoms with Gasteiger partial charge in [-0.15, -0.1) is 0 Å². The minimum absolute atomic E-state index is 0.724. The zero-order valence-corrected chi connectivity index (χ0v) is 12.9. The molecule has 2 heterocycles. The van der Waals surface area contributed by atoms with Gasteiger partial charge < -0.3 is 15.6 Å². The summed E-state index contributed by atoms with van der Waals surface area (Å²) in [6.45, 7) is 4.57. The lowest BCUT2D eigenvalue weighted by atomic mass is 9.89. The van der Waals surface area contributed by atoms with Crippen LogP contribution in [0.5, 0.6) is 0 Å². The van der Waals surface area contributed by atoms with Gasteiger partial charge in [-0.25, -0.2) is 0 Å². The summed E-state index contributed by atoms with van der Waals surface area (Å²) in [5, 5.41) is 1.42. The van der Waals surface area contributed by atoms with Gasteiger partial charge >= 0.3 is 0 Å². The molecule has 3 nitrogen and oxygen atoms in total. The van der Waals surface area contributed by atoms with Crippen LogP contribution in [0.2, 0.25) is 0 Å². The van der Waals surface area contributed by atoms with Crippen LogP contribution in [0.3, 0.4) is 0 Å². The highest BCUT2D eigenvalue weighted by molar-refractivity contribution is 5.83. The minimum atomic E-state index is 0.724. The number of unbranched alkanes of at least 4 members (excludes halogenated alkanes) is 2. The molecule has 21 heavy (non-hydrogen) atoms. The summed E-state index contributed by atoms with van der Waals surface area (Å²) in [4.78, 5) is 6.05. The topological polar surface area (TPSA) is 45.0 Å². The van der Waals surface area contributed by atoms with E-state index in [9.17, 15) is 0 Å². The van der Waals surface area contributed by atoms with Gasteiger partial charge in [-0.05, 0) is 69.4 Å². The molecule has 2 aromatic rings.